The molecule has 8 heteroatoms. The molecule has 1 unspecified atom stereocenters. The van der Waals surface area contributed by atoms with Crippen molar-refractivity contribution in [3.8, 4) is 0 Å². The van der Waals surface area contributed by atoms with Gasteiger partial charge in [-0.1, -0.05) is 6.92 Å². The maximum absolute atomic E-state index is 11.6. The first-order valence-corrected chi connectivity index (χ1v) is 4.20. The summed E-state index contributed by atoms with van der Waals surface area (Å²) in [7, 11) is 0. The number of rotatable bonds is 2. The molecule has 0 aliphatic carbocycles. The minimum absolute atomic E-state index is 0.174. The summed E-state index contributed by atoms with van der Waals surface area (Å²) in [6.45, 7) is 1.46. The fraction of sp³-hybridized carbons (Fsp3) is 0.667. The number of thiol groups is 1. The van der Waals surface area contributed by atoms with Gasteiger partial charge in [-0.3, -0.25) is 20.4 Å². The number of carbonyl (C=O) groups excluding carboxylic acids is 2. The van der Waals surface area contributed by atoms with E-state index in [9.17, 15) is 22.8 Å². The van der Waals surface area contributed by atoms with Crippen LogP contribution < -0.4 is 10.9 Å². The van der Waals surface area contributed by atoms with E-state index in [-0.39, 0.29) is 5.75 Å². The Kier molecular flexibility index (Phi) is 4.75. The highest BCUT2D eigenvalue weighted by Crippen LogP contribution is 2.13. The number of halogens is 3. The maximum atomic E-state index is 11.6. The fourth-order valence-electron chi connectivity index (χ4n) is 0.395. The summed E-state index contributed by atoms with van der Waals surface area (Å²) in [6.07, 6.45) is -5.00. The van der Waals surface area contributed by atoms with Gasteiger partial charge in [-0.05, 0) is 0 Å². The Morgan fingerprint density at radius 2 is 1.86 bits per heavy atom. The Bertz CT molecular complexity index is 232. The zero-order valence-corrected chi connectivity index (χ0v) is 8.08. The van der Waals surface area contributed by atoms with Crippen molar-refractivity contribution in [2.24, 2.45) is 5.92 Å². The average molecular weight is 230 g/mol. The summed E-state index contributed by atoms with van der Waals surface area (Å²) in [5.41, 5.74) is 2.87. The van der Waals surface area contributed by atoms with E-state index < -0.39 is 23.9 Å². The Labute approximate surface area is 83.6 Å². The number of nitrogens with one attached hydrogen (secondary N) is 2. The van der Waals surface area contributed by atoms with Crippen molar-refractivity contribution in [1.29, 1.82) is 0 Å². The van der Waals surface area contributed by atoms with Gasteiger partial charge in [0.2, 0.25) is 5.91 Å². The Morgan fingerprint density at radius 3 is 2.21 bits per heavy atom. The molecule has 0 aliphatic rings. The van der Waals surface area contributed by atoms with Gasteiger partial charge in [-0.25, -0.2) is 0 Å². The third kappa shape index (κ3) is 4.35. The molecule has 0 spiro atoms. The molecule has 0 saturated carbocycles. The summed E-state index contributed by atoms with van der Waals surface area (Å²) in [4.78, 5) is 21.1. The molecular formula is C6H9F3N2O2S. The van der Waals surface area contributed by atoms with E-state index >= 15 is 0 Å². The second kappa shape index (κ2) is 5.08. The summed E-state index contributed by atoms with van der Waals surface area (Å²) >= 11 is 3.76. The monoisotopic (exact) mass is 230 g/mol. The van der Waals surface area contributed by atoms with Crippen LogP contribution in [-0.2, 0) is 9.59 Å². The van der Waals surface area contributed by atoms with Crippen LogP contribution in [0.25, 0.3) is 0 Å². The molecule has 2 N–H and O–H groups in total. The number of amides is 2. The first-order chi connectivity index (χ1) is 6.29. The van der Waals surface area contributed by atoms with E-state index in [1.54, 1.807) is 5.43 Å². The van der Waals surface area contributed by atoms with Crippen molar-refractivity contribution in [3.05, 3.63) is 0 Å². The van der Waals surface area contributed by atoms with Crippen LogP contribution in [0.1, 0.15) is 6.92 Å². The molecule has 14 heavy (non-hydrogen) atoms. The van der Waals surface area contributed by atoms with Gasteiger partial charge in [0.1, 0.15) is 0 Å². The van der Waals surface area contributed by atoms with Crippen molar-refractivity contribution >= 4 is 24.4 Å². The lowest BCUT2D eigenvalue weighted by Gasteiger charge is -2.11. The van der Waals surface area contributed by atoms with Gasteiger partial charge in [0, 0.05) is 11.7 Å². The quantitative estimate of drug-likeness (QED) is 0.471. The normalized spacial score (nSPS) is 13.2. The SMILES string of the molecule is CC(CS)C(=O)NNC(=O)C(F)(F)F. The van der Waals surface area contributed by atoms with Gasteiger partial charge < -0.3 is 0 Å². The highest BCUT2D eigenvalue weighted by molar-refractivity contribution is 7.80. The lowest BCUT2D eigenvalue weighted by molar-refractivity contribution is -0.175. The average Bonchev–Trinajstić information content (AvgIpc) is 2.10. The first kappa shape index (κ1) is 13.1. The van der Waals surface area contributed by atoms with Gasteiger partial charge in [-0.15, -0.1) is 0 Å². The predicted molar refractivity (Wildman–Crippen MR) is 45.4 cm³/mol. The molecule has 0 aromatic rings. The molecule has 0 radical (unpaired) electrons. The molecule has 0 rings (SSSR count). The van der Waals surface area contributed by atoms with Crippen molar-refractivity contribution in [2.75, 3.05) is 5.75 Å². The summed E-state index contributed by atoms with van der Waals surface area (Å²) in [5, 5.41) is 0. The molecule has 0 heterocycles. The molecule has 0 aliphatic heterocycles. The number of hydrazine groups is 1. The van der Waals surface area contributed by atoms with Crippen LogP contribution in [0.2, 0.25) is 0 Å². The van der Waals surface area contributed by atoms with E-state index in [0.29, 0.717) is 0 Å². The third-order valence-corrected chi connectivity index (χ3v) is 1.83. The lowest BCUT2D eigenvalue weighted by atomic mass is 10.2. The van der Waals surface area contributed by atoms with Crippen LogP contribution in [0.4, 0.5) is 13.2 Å². The number of carbonyl (C=O) groups is 2. The summed E-state index contributed by atoms with van der Waals surface area (Å²) in [6, 6.07) is 0. The van der Waals surface area contributed by atoms with E-state index in [1.165, 1.54) is 12.3 Å². The predicted octanol–water partition coefficient (Wildman–Crippen LogP) is 0.262. The van der Waals surface area contributed by atoms with E-state index in [0.717, 1.165) is 0 Å². The van der Waals surface area contributed by atoms with Gasteiger partial charge in [-0.2, -0.15) is 25.8 Å². The van der Waals surface area contributed by atoms with Gasteiger partial charge in [0.05, 0.1) is 0 Å². The topological polar surface area (TPSA) is 58.2 Å². The molecule has 2 amide bonds. The molecule has 1 atom stereocenters. The number of hydrogen-bond donors (Lipinski definition) is 3. The van der Waals surface area contributed by atoms with E-state index in [4.69, 9.17) is 0 Å². The van der Waals surface area contributed by atoms with E-state index in [2.05, 4.69) is 12.6 Å². The van der Waals surface area contributed by atoms with Crippen LogP contribution in [0, 0.1) is 5.92 Å². The largest absolute Gasteiger partial charge is 0.472 e. The lowest BCUT2D eigenvalue weighted by Crippen LogP contribution is -2.49. The van der Waals surface area contributed by atoms with Gasteiger partial charge in [0.25, 0.3) is 0 Å². The van der Waals surface area contributed by atoms with E-state index in [1.807, 2.05) is 0 Å². The molecule has 0 aromatic carbocycles. The molecule has 0 bridgehead atoms. The highest BCUT2D eigenvalue weighted by Gasteiger charge is 2.39. The van der Waals surface area contributed by atoms with Crippen molar-refractivity contribution in [1.82, 2.24) is 10.9 Å². The first-order valence-electron chi connectivity index (χ1n) is 3.57. The zero-order chi connectivity index (χ0) is 11.4. The smallest absolute Gasteiger partial charge is 0.273 e. The van der Waals surface area contributed by atoms with Crippen LogP contribution in [0.15, 0.2) is 0 Å². The molecule has 0 fully saturated rings. The fourth-order valence-corrected chi connectivity index (χ4v) is 0.561. The molecular weight excluding hydrogens is 221 g/mol. The van der Waals surface area contributed by atoms with Crippen LogP contribution in [0.3, 0.4) is 0 Å². The molecule has 0 saturated heterocycles. The van der Waals surface area contributed by atoms with Crippen LogP contribution in [-0.4, -0.2) is 23.7 Å². The highest BCUT2D eigenvalue weighted by atomic mass is 32.1. The summed E-state index contributed by atoms with van der Waals surface area (Å²) < 4.78 is 34.8. The van der Waals surface area contributed by atoms with Gasteiger partial charge in [0.15, 0.2) is 0 Å². The minimum Gasteiger partial charge on any atom is -0.273 e. The van der Waals surface area contributed by atoms with Gasteiger partial charge >= 0.3 is 12.1 Å². The maximum Gasteiger partial charge on any atom is 0.472 e. The van der Waals surface area contributed by atoms with Crippen molar-refractivity contribution in [2.45, 2.75) is 13.1 Å². The Morgan fingerprint density at radius 1 is 1.36 bits per heavy atom. The number of alkyl halides is 3. The van der Waals surface area contributed by atoms with Crippen LogP contribution in [0.5, 0.6) is 0 Å². The van der Waals surface area contributed by atoms with Crippen molar-refractivity contribution < 1.29 is 22.8 Å². The molecule has 4 nitrogen and oxygen atoms in total. The second-order valence-electron chi connectivity index (χ2n) is 2.52. The molecule has 0 aromatic heterocycles. The second-order valence-corrected chi connectivity index (χ2v) is 2.89. The third-order valence-electron chi connectivity index (χ3n) is 1.28. The Balaban J connectivity index is 3.96. The standard InChI is InChI=1S/C6H9F3N2O2S/c1-3(2-14)4(12)10-11-5(13)6(7,8)9/h3,14H,2H2,1H3,(H,10,12)(H,11,13). The number of hydrogen-bond acceptors (Lipinski definition) is 3. The minimum atomic E-state index is -5.00. The zero-order valence-electron chi connectivity index (χ0n) is 7.18. The summed E-state index contributed by atoms with van der Waals surface area (Å²) in [5.74, 6) is -3.34. The molecule has 82 valence electrons. The Hall–Kier alpha value is -0.920. The van der Waals surface area contributed by atoms with Crippen molar-refractivity contribution in [3.63, 3.8) is 0 Å². The van der Waals surface area contributed by atoms with Crippen LogP contribution >= 0.6 is 12.6 Å².